The number of nitrogens with one attached hydrogen (secondary N) is 2. The lowest BCUT2D eigenvalue weighted by Gasteiger charge is -2.11. The molecule has 0 spiro atoms. The second-order valence-electron chi connectivity index (χ2n) is 5.13. The van der Waals surface area contributed by atoms with Crippen molar-refractivity contribution in [1.29, 1.82) is 0 Å². The topological polar surface area (TPSA) is 127 Å². The largest absolute Gasteiger partial charge is 0.396 e. The minimum absolute atomic E-state index is 0.0468. The molecule has 0 atom stereocenters. The Kier molecular flexibility index (Phi) is 4.69. The second-order valence-corrected chi connectivity index (χ2v) is 6.66. The summed E-state index contributed by atoms with van der Waals surface area (Å²) in [7, 11) is -3.84. The predicted molar refractivity (Wildman–Crippen MR) is 81.1 cm³/mol. The molecule has 21 heavy (non-hydrogen) atoms. The fourth-order valence-electron chi connectivity index (χ4n) is 1.95. The first-order valence-electron chi connectivity index (χ1n) is 6.82. The van der Waals surface area contributed by atoms with E-state index in [1.807, 2.05) is 0 Å². The number of carbonyl (C=O) groups excluding carboxylic acids is 1. The SMILES string of the molecule is Nc1c(NCCCC(=O)NC2CC2)cccc1S(N)(=O)=O. The Morgan fingerprint density at radius 3 is 2.67 bits per heavy atom. The lowest BCUT2D eigenvalue weighted by Crippen LogP contribution is -2.25. The van der Waals surface area contributed by atoms with Gasteiger partial charge in [0.2, 0.25) is 15.9 Å². The summed E-state index contributed by atoms with van der Waals surface area (Å²) in [5.41, 5.74) is 6.39. The van der Waals surface area contributed by atoms with Crippen LogP contribution in [0.5, 0.6) is 0 Å². The summed E-state index contributed by atoms with van der Waals surface area (Å²) in [6.45, 7) is 0.524. The number of benzene rings is 1. The van der Waals surface area contributed by atoms with Crippen molar-refractivity contribution in [3.8, 4) is 0 Å². The number of carbonyl (C=O) groups is 1. The van der Waals surface area contributed by atoms with Gasteiger partial charge >= 0.3 is 0 Å². The number of rotatable bonds is 7. The summed E-state index contributed by atoms with van der Waals surface area (Å²) in [5, 5.41) is 11.0. The van der Waals surface area contributed by atoms with Gasteiger partial charge < -0.3 is 16.4 Å². The third kappa shape index (κ3) is 4.61. The quantitative estimate of drug-likeness (QED) is 0.428. The Morgan fingerprint density at radius 1 is 1.33 bits per heavy atom. The van der Waals surface area contributed by atoms with Gasteiger partial charge in [-0.3, -0.25) is 4.79 Å². The summed E-state index contributed by atoms with van der Waals surface area (Å²) in [5.74, 6) is 0.0468. The summed E-state index contributed by atoms with van der Waals surface area (Å²) in [6.07, 6.45) is 3.21. The zero-order valence-electron chi connectivity index (χ0n) is 11.6. The highest BCUT2D eigenvalue weighted by Crippen LogP contribution is 2.25. The van der Waals surface area contributed by atoms with Crippen LogP contribution in [0.25, 0.3) is 0 Å². The van der Waals surface area contributed by atoms with Crippen LogP contribution in [0, 0.1) is 0 Å². The number of para-hydroxylation sites is 1. The molecule has 1 aliphatic carbocycles. The molecule has 7 nitrogen and oxygen atoms in total. The van der Waals surface area contributed by atoms with E-state index >= 15 is 0 Å². The van der Waals surface area contributed by atoms with E-state index in [0.717, 1.165) is 12.8 Å². The fourth-order valence-corrected chi connectivity index (χ4v) is 2.63. The molecule has 2 rings (SSSR count). The summed E-state index contributed by atoms with van der Waals surface area (Å²) in [4.78, 5) is 11.4. The molecule has 0 saturated heterocycles. The highest BCUT2D eigenvalue weighted by atomic mass is 32.2. The molecule has 116 valence electrons. The standard InChI is InChI=1S/C13H20N4O3S/c14-13-10(3-1-4-11(13)21(15,19)20)16-8-2-5-12(18)17-9-6-7-9/h1,3-4,9,16H,2,5-8,14H2,(H,17,18)(H2,15,19,20). The average molecular weight is 312 g/mol. The van der Waals surface area contributed by atoms with Gasteiger partial charge in [-0.1, -0.05) is 6.07 Å². The maximum atomic E-state index is 11.5. The van der Waals surface area contributed by atoms with Crippen molar-refractivity contribution in [2.45, 2.75) is 36.6 Å². The van der Waals surface area contributed by atoms with Gasteiger partial charge in [0.15, 0.2) is 0 Å². The monoisotopic (exact) mass is 312 g/mol. The Labute approximate surface area is 124 Å². The maximum absolute atomic E-state index is 11.5. The number of nitrogen functional groups attached to an aromatic ring is 1. The number of amides is 1. The van der Waals surface area contributed by atoms with Gasteiger partial charge in [-0.2, -0.15) is 0 Å². The molecule has 0 aromatic heterocycles. The Balaban J connectivity index is 1.84. The number of primary sulfonamides is 1. The van der Waals surface area contributed by atoms with Crippen molar-refractivity contribution < 1.29 is 13.2 Å². The molecule has 1 fully saturated rings. The summed E-state index contributed by atoms with van der Waals surface area (Å²) in [6, 6.07) is 4.97. The van der Waals surface area contributed by atoms with E-state index < -0.39 is 10.0 Å². The van der Waals surface area contributed by atoms with Crippen LogP contribution in [0.4, 0.5) is 11.4 Å². The molecule has 8 heteroatoms. The molecule has 6 N–H and O–H groups in total. The molecule has 1 aromatic rings. The summed E-state index contributed by atoms with van der Waals surface area (Å²) >= 11 is 0. The van der Waals surface area contributed by atoms with E-state index in [9.17, 15) is 13.2 Å². The van der Waals surface area contributed by atoms with E-state index in [-0.39, 0.29) is 16.5 Å². The molecule has 1 saturated carbocycles. The lowest BCUT2D eigenvalue weighted by molar-refractivity contribution is -0.121. The van der Waals surface area contributed by atoms with E-state index in [1.54, 1.807) is 12.1 Å². The van der Waals surface area contributed by atoms with E-state index in [0.29, 0.717) is 31.1 Å². The smallest absolute Gasteiger partial charge is 0.240 e. The highest BCUT2D eigenvalue weighted by Gasteiger charge is 2.22. The predicted octanol–water partition coefficient (Wildman–Crippen LogP) is 0.387. The van der Waals surface area contributed by atoms with Gasteiger partial charge in [0.25, 0.3) is 0 Å². The van der Waals surface area contributed by atoms with Crippen molar-refractivity contribution in [3.63, 3.8) is 0 Å². The number of sulfonamides is 1. The molecule has 0 bridgehead atoms. The van der Waals surface area contributed by atoms with Crippen LogP contribution in [0.3, 0.4) is 0 Å². The first-order chi connectivity index (χ1) is 9.88. The van der Waals surface area contributed by atoms with E-state index in [2.05, 4.69) is 10.6 Å². The van der Waals surface area contributed by atoms with Crippen LogP contribution in [0.1, 0.15) is 25.7 Å². The van der Waals surface area contributed by atoms with Gasteiger partial charge in [0.1, 0.15) is 4.90 Å². The number of anilines is 2. The average Bonchev–Trinajstić information content (AvgIpc) is 3.18. The van der Waals surface area contributed by atoms with Gasteiger partial charge in [-0.25, -0.2) is 13.6 Å². The first kappa shape index (κ1) is 15.6. The van der Waals surface area contributed by atoms with Crippen LogP contribution in [-0.2, 0) is 14.8 Å². The Bertz CT molecular complexity index is 626. The van der Waals surface area contributed by atoms with Crippen molar-refractivity contribution >= 4 is 27.3 Å². The zero-order chi connectivity index (χ0) is 15.5. The van der Waals surface area contributed by atoms with Gasteiger partial charge in [0, 0.05) is 19.0 Å². The molecular weight excluding hydrogens is 292 g/mol. The third-order valence-electron chi connectivity index (χ3n) is 3.21. The number of nitrogens with two attached hydrogens (primary N) is 2. The summed E-state index contributed by atoms with van der Waals surface area (Å²) < 4.78 is 22.7. The second kappa shape index (κ2) is 6.31. The Hall–Kier alpha value is -1.80. The number of hydrogen-bond donors (Lipinski definition) is 4. The number of hydrogen-bond acceptors (Lipinski definition) is 5. The van der Waals surface area contributed by atoms with E-state index in [1.165, 1.54) is 6.07 Å². The molecule has 0 unspecified atom stereocenters. The highest BCUT2D eigenvalue weighted by molar-refractivity contribution is 7.89. The van der Waals surface area contributed by atoms with E-state index in [4.69, 9.17) is 10.9 Å². The molecule has 1 amide bonds. The zero-order valence-corrected chi connectivity index (χ0v) is 12.4. The minimum Gasteiger partial charge on any atom is -0.396 e. The van der Waals surface area contributed by atoms with Crippen molar-refractivity contribution in [1.82, 2.24) is 5.32 Å². The molecule has 0 heterocycles. The molecule has 0 radical (unpaired) electrons. The van der Waals surface area contributed by atoms with Gasteiger partial charge in [-0.05, 0) is 31.4 Å². The normalized spacial score (nSPS) is 14.7. The molecule has 1 aromatic carbocycles. The molecule has 0 aliphatic heterocycles. The Morgan fingerprint density at radius 2 is 2.05 bits per heavy atom. The van der Waals surface area contributed by atoms with Crippen LogP contribution < -0.4 is 21.5 Å². The first-order valence-corrected chi connectivity index (χ1v) is 8.37. The van der Waals surface area contributed by atoms with Crippen molar-refractivity contribution in [2.24, 2.45) is 5.14 Å². The minimum atomic E-state index is -3.84. The maximum Gasteiger partial charge on any atom is 0.240 e. The van der Waals surface area contributed by atoms with Gasteiger partial charge in [-0.15, -0.1) is 0 Å². The van der Waals surface area contributed by atoms with Crippen LogP contribution in [0.2, 0.25) is 0 Å². The van der Waals surface area contributed by atoms with Crippen LogP contribution >= 0.6 is 0 Å². The third-order valence-corrected chi connectivity index (χ3v) is 4.18. The van der Waals surface area contributed by atoms with Crippen LogP contribution in [0.15, 0.2) is 23.1 Å². The fraction of sp³-hybridized carbons (Fsp3) is 0.462. The van der Waals surface area contributed by atoms with Crippen LogP contribution in [-0.4, -0.2) is 26.9 Å². The molecule has 1 aliphatic rings. The van der Waals surface area contributed by atoms with Gasteiger partial charge in [0.05, 0.1) is 11.4 Å². The van der Waals surface area contributed by atoms with Crippen molar-refractivity contribution in [2.75, 3.05) is 17.6 Å². The molecular formula is C13H20N4O3S. The lowest BCUT2D eigenvalue weighted by atomic mass is 10.2. The van der Waals surface area contributed by atoms with Crippen molar-refractivity contribution in [3.05, 3.63) is 18.2 Å².